The van der Waals surface area contributed by atoms with Gasteiger partial charge in [-0.15, -0.1) is 0 Å². The molecule has 0 spiro atoms. The highest BCUT2D eigenvalue weighted by Gasteiger charge is 2.34. The van der Waals surface area contributed by atoms with Crippen LogP contribution in [-0.2, 0) is 14.3 Å². The fourth-order valence-corrected chi connectivity index (χ4v) is 1.00. The molecule has 0 aliphatic rings. The van der Waals surface area contributed by atoms with Crippen LogP contribution in [-0.4, -0.2) is 48.7 Å². The number of aliphatic hydroxyl groups excluding tert-OH is 1. The first-order valence-corrected chi connectivity index (χ1v) is 4.46. The summed E-state index contributed by atoms with van der Waals surface area (Å²) in [4.78, 5) is 11.5. The molecule has 0 rings (SSSR count). The van der Waals surface area contributed by atoms with Crippen molar-refractivity contribution in [2.75, 3.05) is 20.8 Å². The van der Waals surface area contributed by atoms with Gasteiger partial charge in [-0.2, -0.15) is 0 Å². The molecule has 0 aromatic heterocycles. The zero-order valence-electron chi connectivity index (χ0n) is 8.82. The molecule has 2 N–H and O–H groups in total. The molecule has 1 atom stereocenters. The van der Waals surface area contributed by atoms with E-state index >= 15 is 0 Å². The number of methoxy groups -OCH3 is 2. The van der Waals surface area contributed by atoms with E-state index in [1.807, 2.05) is 0 Å². The van der Waals surface area contributed by atoms with E-state index in [9.17, 15) is 9.90 Å². The Balaban J connectivity index is 4.30. The van der Waals surface area contributed by atoms with Gasteiger partial charge in [0.2, 0.25) is 0 Å². The Hall–Kier alpha value is -0.490. The summed E-state index contributed by atoms with van der Waals surface area (Å²) in [5, 5.41) is 18.5. The van der Waals surface area contributed by atoms with Crippen LogP contribution in [0.15, 0.2) is 0 Å². The average molecular weight is 206 g/mol. The van der Waals surface area contributed by atoms with E-state index in [0.717, 1.165) is 0 Å². The van der Waals surface area contributed by atoms with E-state index in [1.165, 1.54) is 14.2 Å². The van der Waals surface area contributed by atoms with Gasteiger partial charge in [-0.25, -0.2) is 0 Å². The summed E-state index contributed by atoms with van der Waals surface area (Å²) < 4.78 is 9.64. The molecule has 0 aromatic rings. The Morgan fingerprint density at radius 1 is 1.43 bits per heavy atom. The quantitative estimate of drug-likeness (QED) is 0.559. The second-order valence-electron chi connectivity index (χ2n) is 3.07. The molecule has 0 radical (unpaired) electrons. The summed E-state index contributed by atoms with van der Waals surface area (Å²) in [6.07, 6.45) is -0.576. The van der Waals surface area contributed by atoms with Crippen LogP contribution in [0.1, 0.15) is 19.8 Å². The topological polar surface area (TPSA) is 76.0 Å². The number of ether oxygens (including phenoxy) is 2. The van der Waals surface area contributed by atoms with E-state index in [2.05, 4.69) is 0 Å². The van der Waals surface area contributed by atoms with Gasteiger partial charge >= 0.3 is 0 Å². The predicted octanol–water partition coefficient (Wildman–Crippen LogP) is -0.302. The number of hydrogen-bond acceptors (Lipinski definition) is 5. The molecule has 84 valence electrons. The van der Waals surface area contributed by atoms with Crippen molar-refractivity contribution >= 4 is 5.78 Å². The first-order chi connectivity index (χ1) is 6.53. The van der Waals surface area contributed by atoms with Crippen molar-refractivity contribution in [1.82, 2.24) is 0 Å². The molecule has 0 aliphatic carbocycles. The fraction of sp³-hybridized carbons (Fsp3) is 0.889. The molecule has 0 amide bonds. The number of rotatable bonds is 7. The summed E-state index contributed by atoms with van der Waals surface area (Å²) in [7, 11) is 2.82. The van der Waals surface area contributed by atoms with Crippen molar-refractivity contribution in [2.24, 2.45) is 0 Å². The normalized spacial score (nSPS) is 15.6. The molecule has 5 heteroatoms. The Labute approximate surface area is 83.6 Å². The zero-order chi connectivity index (χ0) is 11.2. The third-order valence-electron chi connectivity index (χ3n) is 2.24. The molecule has 0 saturated carbocycles. The van der Waals surface area contributed by atoms with Crippen LogP contribution in [0.3, 0.4) is 0 Å². The average Bonchev–Trinajstić information content (AvgIpc) is 2.24. The molecule has 0 aromatic carbocycles. The minimum Gasteiger partial charge on any atom is -0.393 e. The molecule has 0 saturated heterocycles. The monoisotopic (exact) mass is 206 g/mol. The SMILES string of the molecule is CC[C@](O)(CO)C(=O)CC(OC)OC. The Morgan fingerprint density at radius 2 is 1.93 bits per heavy atom. The fourth-order valence-electron chi connectivity index (χ4n) is 1.00. The van der Waals surface area contributed by atoms with Crippen molar-refractivity contribution < 1.29 is 24.5 Å². The van der Waals surface area contributed by atoms with Gasteiger partial charge in [-0.3, -0.25) is 4.79 Å². The summed E-state index contributed by atoms with van der Waals surface area (Å²) in [6.45, 7) is 1.05. The number of hydrogen-bond donors (Lipinski definition) is 2. The first kappa shape index (κ1) is 13.5. The van der Waals surface area contributed by atoms with E-state index < -0.39 is 24.3 Å². The van der Waals surface area contributed by atoms with Crippen LogP contribution in [0, 0.1) is 0 Å². The molecular formula is C9H18O5. The van der Waals surface area contributed by atoms with Gasteiger partial charge < -0.3 is 19.7 Å². The van der Waals surface area contributed by atoms with Gasteiger partial charge in [-0.1, -0.05) is 6.92 Å². The molecular weight excluding hydrogens is 188 g/mol. The van der Waals surface area contributed by atoms with E-state index in [-0.39, 0.29) is 12.8 Å². The number of Topliss-reactive ketones (excluding diaryl/α,β-unsaturated/α-hetero) is 1. The van der Waals surface area contributed by atoms with Crippen LogP contribution in [0.4, 0.5) is 0 Å². The number of ketones is 1. The molecule has 0 unspecified atom stereocenters. The Morgan fingerprint density at radius 3 is 2.21 bits per heavy atom. The third kappa shape index (κ3) is 3.34. The van der Waals surface area contributed by atoms with Crippen molar-refractivity contribution in [3.8, 4) is 0 Å². The highest BCUT2D eigenvalue weighted by Crippen LogP contribution is 2.15. The zero-order valence-corrected chi connectivity index (χ0v) is 8.82. The molecule has 0 bridgehead atoms. The van der Waals surface area contributed by atoms with Gasteiger partial charge in [0, 0.05) is 14.2 Å². The first-order valence-electron chi connectivity index (χ1n) is 4.46. The maximum Gasteiger partial charge on any atom is 0.171 e. The largest absolute Gasteiger partial charge is 0.393 e. The minimum absolute atomic E-state index is 0.0715. The summed E-state index contributed by atoms with van der Waals surface area (Å²) in [5.41, 5.74) is -1.67. The molecule has 0 aliphatic heterocycles. The smallest absolute Gasteiger partial charge is 0.171 e. The van der Waals surface area contributed by atoms with Crippen LogP contribution in [0.25, 0.3) is 0 Å². The van der Waals surface area contributed by atoms with Gasteiger partial charge in [-0.05, 0) is 6.42 Å². The van der Waals surface area contributed by atoms with Crippen LogP contribution in [0.2, 0.25) is 0 Å². The lowest BCUT2D eigenvalue weighted by molar-refractivity contribution is -0.156. The summed E-state index contributed by atoms with van der Waals surface area (Å²) >= 11 is 0. The molecule has 0 heterocycles. The van der Waals surface area contributed by atoms with E-state index in [4.69, 9.17) is 14.6 Å². The Kier molecular flexibility index (Phi) is 5.87. The van der Waals surface area contributed by atoms with Gasteiger partial charge in [0.1, 0.15) is 5.60 Å². The lowest BCUT2D eigenvalue weighted by Gasteiger charge is -2.24. The minimum atomic E-state index is -1.67. The van der Waals surface area contributed by atoms with Gasteiger partial charge in [0.25, 0.3) is 0 Å². The van der Waals surface area contributed by atoms with Crippen molar-refractivity contribution in [3.05, 3.63) is 0 Å². The standard InChI is InChI=1S/C9H18O5/c1-4-9(12,6-10)7(11)5-8(13-2)14-3/h8,10,12H,4-6H2,1-3H3/t9-/m0/s1. The van der Waals surface area contributed by atoms with Crippen LogP contribution >= 0.6 is 0 Å². The van der Waals surface area contributed by atoms with E-state index in [1.54, 1.807) is 6.92 Å². The number of aliphatic hydroxyl groups is 2. The highest BCUT2D eigenvalue weighted by molar-refractivity contribution is 5.87. The lowest BCUT2D eigenvalue weighted by Crippen LogP contribution is -2.43. The maximum absolute atomic E-state index is 11.5. The maximum atomic E-state index is 11.5. The Bertz CT molecular complexity index is 172. The summed E-state index contributed by atoms with van der Waals surface area (Å²) in [6, 6.07) is 0. The molecule has 5 nitrogen and oxygen atoms in total. The highest BCUT2D eigenvalue weighted by atomic mass is 16.7. The second kappa shape index (κ2) is 6.08. The van der Waals surface area contributed by atoms with Crippen molar-refractivity contribution in [1.29, 1.82) is 0 Å². The lowest BCUT2D eigenvalue weighted by atomic mass is 9.94. The van der Waals surface area contributed by atoms with Crippen molar-refractivity contribution in [2.45, 2.75) is 31.7 Å². The van der Waals surface area contributed by atoms with Gasteiger partial charge in [0.05, 0.1) is 13.0 Å². The van der Waals surface area contributed by atoms with Gasteiger partial charge in [0.15, 0.2) is 12.1 Å². The molecule has 14 heavy (non-hydrogen) atoms. The second-order valence-corrected chi connectivity index (χ2v) is 3.07. The summed E-state index contributed by atoms with van der Waals surface area (Å²) in [5.74, 6) is -0.476. The third-order valence-corrected chi connectivity index (χ3v) is 2.24. The number of carbonyl (C=O) groups excluding carboxylic acids is 1. The predicted molar refractivity (Wildman–Crippen MR) is 49.8 cm³/mol. The molecule has 0 fully saturated rings. The van der Waals surface area contributed by atoms with Crippen LogP contribution in [0.5, 0.6) is 0 Å². The van der Waals surface area contributed by atoms with Crippen molar-refractivity contribution in [3.63, 3.8) is 0 Å². The number of carbonyl (C=O) groups is 1. The van der Waals surface area contributed by atoms with E-state index in [0.29, 0.717) is 0 Å². The van der Waals surface area contributed by atoms with Crippen LogP contribution < -0.4 is 0 Å².